The number of nitrogens with one attached hydrogen (secondary N) is 1. The molecule has 3 aliphatic rings. The molecule has 13 heteroatoms. The van der Waals surface area contributed by atoms with Crippen molar-refractivity contribution >= 4 is 46.8 Å². The van der Waals surface area contributed by atoms with Crippen LogP contribution < -0.4 is 9.61 Å². The fourth-order valence-corrected chi connectivity index (χ4v) is 7.14. The molecule has 184 valence electrons. The summed E-state index contributed by atoms with van der Waals surface area (Å²) < 4.78 is 11.2. The number of H-pyrrole nitrogens is 1. The number of amides is 3. The van der Waals surface area contributed by atoms with E-state index in [-0.39, 0.29) is 17.4 Å². The topological polar surface area (TPSA) is 146 Å². The van der Waals surface area contributed by atoms with Crippen molar-refractivity contribution in [1.82, 2.24) is 14.8 Å². The normalized spacial score (nSPS) is 23.7. The van der Waals surface area contributed by atoms with Gasteiger partial charge < -0.3 is 24.5 Å². The molecule has 2 aromatic rings. The highest BCUT2D eigenvalue weighted by atomic mass is 32.2. The zero-order valence-corrected chi connectivity index (χ0v) is 19.9. The fourth-order valence-electron chi connectivity index (χ4n) is 4.61. The van der Waals surface area contributed by atoms with Gasteiger partial charge in [-0.1, -0.05) is 41.3 Å². The van der Waals surface area contributed by atoms with Crippen molar-refractivity contribution in [2.75, 3.05) is 39.5 Å². The minimum absolute atomic E-state index is 0.202. The van der Waals surface area contributed by atoms with Crippen LogP contribution in [0.4, 0.5) is 0 Å². The third kappa shape index (κ3) is 4.34. The van der Waals surface area contributed by atoms with Gasteiger partial charge in [0.05, 0.1) is 24.2 Å². The number of carbonyl (C=O) groups is 4. The Labute approximate surface area is 207 Å². The van der Waals surface area contributed by atoms with Gasteiger partial charge in [0, 0.05) is 29.4 Å². The van der Waals surface area contributed by atoms with Gasteiger partial charge >= 0.3 is 10.8 Å². The summed E-state index contributed by atoms with van der Waals surface area (Å²) in [5, 5.41) is 8.80. The molecular formula is C22H21N3O8S2. The van der Waals surface area contributed by atoms with E-state index in [9.17, 15) is 29.1 Å². The van der Waals surface area contributed by atoms with Crippen LogP contribution in [0, 0.1) is 5.92 Å². The molecule has 0 unspecified atom stereocenters. The monoisotopic (exact) mass is 519 g/mol. The molecule has 1 aromatic carbocycles. The molecule has 0 saturated carbocycles. The number of fused-ring (bicyclic) bond motifs is 2. The van der Waals surface area contributed by atoms with Gasteiger partial charge in [0.1, 0.15) is 17.5 Å². The van der Waals surface area contributed by atoms with Crippen molar-refractivity contribution in [3.63, 3.8) is 0 Å². The van der Waals surface area contributed by atoms with Crippen LogP contribution in [0.1, 0.15) is 16.4 Å². The van der Waals surface area contributed by atoms with Crippen LogP contribution in [0.2, 0.25) is 0 Å². The van der Waals surface area contributed by atoms with Gasteiger partial charge in [-0.2, -0.15) is 0 Å². The van der Waals surface area contributed by atoms with E-state index in [1.54, 1.807) is 29.2 Å². The van der Waals surface area contributed by atoms with Crippen molar-refractivity contribution in [2.24, 2.45) is 5.92 Å². The van der Waals surface area contributed by atoms with Crippen LogP contribution in [0.5, 0.6) is 5.75 Å². The number of hydrogen-bond donors (Lipinski definition) is 2. The molecular weight excluding hydrogens is 498 g/mol. The molecule has 35 heavy (non-hydrogen) atoms. The van der Waals surface area contributed by atoms with Crippen LogP contribution in [0.25, 0.3) is 0 Å². The molecule has 3 amide bonds. The summed E-state index contributed by atoms with van der Waals surface area (Å²) in [4.78, 5) is 67.8. The molecule has 0 radical (unpaired) electrons. The van der Waals surface area contributed by atoms with E-state index in [0.29, 0.717) is 47.5 Å². The second kappa shape index (κ2) is 9.47. The first-order valence-electron chi connectivity index (χ1n) is 10.9. The maximum Gasteiger partial charge on any atom is 0.323 e. The summed E-state index contributed by atoms with van der Waals surface area (Å²) in [6, 6.07) is 6.88. The van der Waals surface area contributed by atoms with Crippen LogP contribution in [0.15, 0.2) is 34.1 Å². The Morgan fingerprint density at radius 1 is 1.14 bits per heavy atom. The van der Waals surface area contributed by atoms with E-state index >= 15 is 0 Å². The number of aromatic amines is 1. The zero-order chi connectivity index (χ0) is 24.7. The fraction of sp³-hybridized carbons (Fsp3) is 0.409. The number of rotatable bonds is 6. The Hall–Kier alpha value is -3.16. The number of carboxylic acids is 1. The number of aromatic nitrogens is 1. The van der Waals surface area contributed by atoms with E-state index in [4.69, 9.17) is 9.47 Å². The second-order valence-electron chi connectivity index (χ2n) is 8.23. The highest BCUT2D eigenvalue weighted by Crippen LogP contribution is 2.53. The van der Waals surface area contributed by atoms with Gasteiger partial charge in [-0.25, -0.2) is 0 Å². The first-order valence-corrected chi connectivity index (χ1v) is 12.6. The summed E-state index contributed by atoms with van der Waals surface area (Å²) in [6.45, 7) is 0.927. The first kappa shape index (κ1) is 23.6. The standard InChI is InChI=1S/C22H21N3O8S2/c26-13(24-5-7-32-8-6-24)10-33-12-4-2-1-3-11(12)15-16-18(34-19-17(15)35-22(31)23-19)21(30)25(20(16)29)9-14(27)28/h1-4,15-16,18H,5-10H2,(H,23,31)(H,27,28)/t15-,16+,18-/m0/s1. The number of aliphatic carboxylic acids is 1. The molecule has 0 bridgehead atoms. The summed E-state index contributed by atoms with van der Waals surface area (Å²) in [5.41, 5.74) is 0.549. The largest absolute Gasteiger partial charge is 0.483 e. The molecule has 0 aliphatic carbocycles. The van der Waals surface area contributed by atoms with Gasteiger partial charge in [-0.3, -0.25) is 28.9 Å². The summed E-state index contributed by atoms with van der Waals surface area (Å²) in [6.07, 6.45) is 0. The lowest BCUT2D eigenvalue weighted by Gasteiger charge is -2.31. The molecule has 4 heterocycles. The van der Waals surface area contributed by atoms with E-state index in [1.165, 1.54) is 0 Å². The Morgan fingerprint density at radius 3 is 2.63 bits per heavy atom. The minimum Gasteiger partial charge on any atom is -0.483 e. The van der Waals surface area contributed by atoms with Crippen LogP contribution >= 0.6 is 23.1 Å². The summed E-state index contributed by atoms with van der Waals surface area (Å²) >= 11 is 2.01. The first-order chi connectivity index (χ1) is 16.8. The van der Waals surface area contributed by atoms with E-state index in [1.807, 2.05) is 0 Å². The lowest BCUT2D eigenvalue weighted by Crippen LogP contribution is -2.43. The number of carboxylic acid groups (broad SMARTS) is 1. The molecule has 2 saturated heterocycles. The van der Waals surface area contributed by atoms with E-state index < -0.39 is 41.4 Å². The number of imide groups is 1. The van der Waals surface area contributed by atoms with Crippen molar-refractivity contribution in [2.45, 2.75) is 16.2 Å². The maximum absolute atomic E-state index is 13.3. The molecule has 2 N–H and O–H groups in total. The van der Waals surface area contributed by atoms with E-state index in [2.05, 4.69) is 4.98 Å². The Kier molecular flexibility index (Phi) is 6.38. The maximum atomic E-state index is 13.3. The predicted molar refractivity (Wildman–Crippen MR) is 124 cm³/mol. The SMILES string of the molecule is O=C(O)CN1C(=O)[C@@H]2[C@H](c3ccccc3OCC(=O)N3CCOCC3)c3sc(=O)[nH]c3S[C@@H]2C1=O. The number of nitrogens with zero attached hydrogens (tertiary/aromatic N) is 2. The van der Waals surface area contributed by atoms with Gasteiger partial charge in [-0.15, -0.1) is 0 Å². The molecule has 5 rings (SSSR count). The van der Waals surface area contributed by atoms with Gasteiger partial charge in [0.15, 0.2) is 6.61 Å². The van der Waals surface area contributed by atoms with Crippen molar-refractivity contribution in [3.05, 3.63) is 44.4 Å². The van der Waals surface area contributed by atoms with Crippen molar-refractivity contribution < 1.29 is 33.8 Å². The average Bonchev–Trinajstić information content (AvgIpc) is 3.33. The highest BCUT2D eigenvalue weighted by molar-refractivity contribution is 8.00. The minimum atomic E-state index is -1.29. The van der Waals surface area contributed by atoms with Crippen LogP contribution in [-0.4, -0.2) is 88.3 Å². The number of hydrogen-bond acceptors (Lipinski definition) is 9. The quantitative estimate of drug-likeness (QED) is 0.516. The average molecular weight is 520 g/mol. The van der Waals surface area contributed by atoms with Crippen molar-refractivity contribution in [3.8, 4) is 5.75 Å². The molecule has 0 spiro atoms. The smallest absolute Gasteiger partial charge is 0.323 e. The second-order valence-corrected chi connectivity index (χ2v) is 10.4. The van der Waals surface area contributed by atoms with Gasteiger partial charge in [-0.05, 0) is 6.07 Å². The number of benzene rings is 1. The van der Waals surface area contributed by atoms with Crippen LogP contribution in [0.3, 0.4) is 0 Å². The molecule has 3 aliphatic heterocycles. The Morgan fingerprint density at radius 2 is 1.89 bits per heavy atom. The van der Waals surface area contributed by atoms with Gasteiger partial charge in [0.2, 0.25) is 11.8 Å². The van der Waals surface area contributed by atoms with E-state index in [0.717, 1.165) is 28.0 Å². The highest BCUT2D eigenvalue weighted by Gasteiger charge is 2.56. The van der Waals surface area contributed by atoms with Crippen LogP contribution in [-0.2, 0) is 23.9 Å². The number of thiazole rings is 1. The lowest BCUT2D eigenvalue weighted by molar-refractivity contribution is -0.149. The Bertz CT molecular complexity index is 1250. The summed E-state index contributed by atoms with van der Waals surface area (Å²) in [5.74, 6) is -3.97. The Balaban J connectivity index is 1.49. The predicted octanol–water partition coefficient (Wildman–Crippen LogP) is 0.350. The number of morpholine rings is 1. The molecule has 2 fully saturated rings. The number of carbonyl (C=O) groups excluding carboxylic acids is 3. The lowest BCUT2D eigenvalue weighted by atomic mass is 9.82. The number of ether oxygens (including phenoxy) is 2. The zero-order valence-electron chi connectivity index (χ0n) is 18.3. The number of thioether (sulfide) groups is 1. The molecule has 11 nitrogen and oxygen atoms in total. The third-order valence-electron chi connectivity index (χ3n) is 6.18. The third-order valence-corrected chi connectivity index (χ3v) is 8.58. The van der Waals surface area contributed by atoms with Crippen molar-refractivity contribution in [1.29, 1.82) is 0 Å². The molecule has 3 atom stereocenters. The number of likely N-dealkylation sites (tertiary alicyclic amines) is 1. The molecule has 1 aromatic heterocycles. The van der Waals surface area contributed by atoms with Gasteiger partial charge in [0.25, 0.3) is 5.91 Å². The summed E-state index contributed by atoms with van der Waals surface area (Å²) in [7, 11) is 0. The number of para-hydroxylation sites is 1.